The first-order chi connectivity index (χ1) is 8.65. The van der Waals surface area contributed by atoms with Gasteiger partial charge in [-0.05, 0) is 35.1 Å². The summed E-state index contributed by atoms with van der Waals surface area (Å²) in [6, 6.07) is 4.35. The number of hydrogen-bond donors (Lipinski definition) is 2. The van der Waals surface area contributed by atoms with Gasteiger partial charge < -0.3 is 15.5 Å². The molecule has 1 aromatic heterocycles. The van der Waals surface area contributed by atoms with Crippen LogP contribution in [0.2, 0.25) is 0 Å². The third kappa shape index (κ3) is 4.05. The summed E-state index contributed by atoms with van der Waals surface area (Å²) in [5.74, 6) is 0.125. The van der Waals surface area contributed by atoms with E-state index in [1.54, 1.807) is 11.3 Å². The largest absolute Gasteiger partial charge is 0.351 e. The fourth-order valence-electron chi connectivity index (χ4n) is 2.01. The Kier molecular flexibility index (Phi) is 5.17. The van der Waals surface area contributed by atoms with Crippen molar-refractivity contribution in [1.82, 2.24) is 15.5 Å². The van der Waals surface area contributed by atoms with Crippen LogP contribution in [0.3, 0.4) is 0 Å². The summed E-state index contributed by atoms with van der Waals surface area (Å²) in [7, 11) is 2.08. The van der Waals surface area contributed by atoms with Crippen molar-refractivity contribution >= 4 is 33.2 Å². The average molecular weight is 332 g/mol. The van der Waals surface area contributed by atoms with Gasteiger partial charge in [-0.3, -0.25) is 4.79 Å². The maximum Gasteiger partial charge on any atom is 0.221 e. The highest BCUT2D eigenvalue weighted by Crippen LogP contribution is 2.21. The maximum absolute atomic E-state index is 11.9. The van der Waals surface area contributed by atoms with Crippen LogP contribution in [0.1, 0.15) is 11.3 Å². The number of amides is 1. The Balaban J connectivity index is 1.74. The second kappa shape index (κ2) is 6.65. The number of thiophene rings is 1. The summed E-state index contributed by atoms with van der Waals surface area (Å²) >= 11 is 5.07. The highest BCUT2D eigenvalue weighted by molar-refractivity contribution is 9.11. The molecule has 1 unspecified atom stereocenters. The molecule has 0 bridgehead atoms. The number of likely N-dealkylation sites (N-methyl/N-ethyl adjacent to an activating group) is 1. The summed E-state index contributed by atoms with van der Waals surface area (Å²) < 4.78 is 1.10. The van der Waals surface area contributed by atoms with Gasteiger partial charge in [-0.1, -0.05) is 0 Å². The zero-order valence-corrected chi connectivity index (χ0v) is 12.8. The minimum atomic E-state index is 0.125. The van der Waals surface area contributed by atoms with Crippen LogP contribution in [0, 0.1) is 0 Å². The summed E-state index contributed by atoms with van der Waals surface area (Å²) in [5.41, 5.74) is 0. The van der Waals surface area contributed by atoms with Gasteiger partial charge >= 0.3 is 0 Å². The SMILES string of the molecule is CN1CCNCC1CC(=O)NCc1ccc(Br)s1. The predicted molar refractivity (Wildman–Crippen MR) is 77.8 cm³/mol. The van der Waals surface area contributed by atoms with Crippen LogP contribution in [0.5, 0.6) is 0 Å². The van der Waals surface area contributed by atoms with Gasteiger partial charge in [0.15, 0.2) is 0 Å². The normalized spacial score (nSPS) is 20.9. The Bertz CT molecular complexity index is 410. The van der Waals surface area contributed by atoms with E-state index in [0.29, 0.717) is 19.0 Å². The Morgan fingerprint density at radius 2 is 2.50 bits per heavy atom. The number of carbonyl (C=O) groups is 1. The van der Waals surface area contributed by atoms with Gasteiger partial charge in [0.25, 0.3) is 0 Å². The molecule has 0 aliphatic carbocycles. The molecule has 100 valence electrons. The van der Waals surface area contributed by atoms with E-state index in [2.05, 4.69) is 38.5 Å². The van der Waals surface area contributed by atoms with E-state index in [1.807, 2.05) is 12.1 Å². The summed E-state index contributed by atoms with van der Waals surface area (Å²) in [6.07, 6.45) is 0.566. The van der Waals surface area contributed by atoms with Gasteiger partial charge in [0.1, 0.15) is 0 Å². The molecular formula is C12H18BrN3OS. The number of hydrogen-bond acceptors (Lipinski definition) is 4. The Morgan fingerprint density at radius 3 is 3.17 bits per heavy atom. The van der Waals surface area contributed by atoms with E-state index in [1.165, 1.54) is 4.88 Å². The van der Waals surface area contributed by atoms with Crippen LogP contribution >= 0.6 is 27.3 Å². The van der Waals surface area contributed by atoms with Crippen LogP contribution < -0.4 is 10.6 Å². The molecule has 1 aromatic rings. The average Bonchev–Trinajstić information content (AvgIpc) is 2.76. The van der Waals surface area contributed by atoms with Crippen molar-refractivity contribution in [1.29, 1.82) is 0 Å². The lowest BCUT2D eigenvalue weighted by Crippen LogP contribution is -2.50. The third-order valence-corrected chi connectivity index (χ3v) is 4.78. The molecule has 1 atom stereocenters. The molecule has 1 fully saturated rings. The molecule has 18 heavy (non-hydrogen) atoms. The van der Waals surface area contributed by atoms with Gasteiger partial charge in [-0.25, -0.2) is 0 Å². The van der Waals surface area contributed by atoms with Crippen LogP contribution in [0.15, 0.2) is 15.9 Å². The molecule has 4 nitrogen and oxygen atoms in total. The lowest BCUT2D eigenvalue weighted by Gasteiger charge is -2.32. The van der Waals surface area contributed by atoms with Crippen LogP contribution in [-0.4, -0.2) is 43.5 Å². The first-order valence-electron chi connectivity index (χ1n) is 6.07. The number of rotatable bonds is 4. The van der Waals surface area contributed by atoms with Crippen molar-refractivity contribution in [2.45, 2.75) is 19.0 Å². The van der Waals surface area contributed by atoms with Crippen molar-refractivity contribution in [3.8, 4) is 0 Å². The first-order valence-corrected chi connectivity index (χ1v) is 7.68. The topological polar surface area (TPSA) is 44.4 Å². The summed E-state index contributed by atoms with van der Waals surface area (Å²) in [5, 5.41) is 6.30. The first kappa shape index (κ1) is 14.0. The molecule has 0 radical (unpaired) electrons. The van der Waals surface area contributed by atoms with Crippen molar-refractivity contribution in [3.63, 3.8) is 0 Å². The molecule has 2 heterocycles. The minimum Gasteiger partial charge on any atom is -0.351 e. The van der Waals surface area contributed by atoms with Gasteiger partial charge in [-0.15, -0.1) is 11.3 Å². The quantitative estimate of drug-likeness (QED) is 0.877. The monoisotopic (exact) mass is 331 g/mol. The number of nitrogens with zero attached hydrogens (tertiary/aromatic N) is 1. The Hall–Kier alpha value is -0.430. The molecular weight excluding hydrogens is 314 g/mol. The van der Waals surface area contributed by atoms with E-state index >= 15 is 0 Å². The number of piperazine rings is 1. The van der Waals surface area contributed by atoms with Crippen molar-refractivity contribution < 1.29 is 4.79 Å². The highest BCUT2D eigenvalue weighted by atomic mass is 79.9. The fraction of sp³-hybridized carbons (Fsp3) is 0.583. The highest BCUT2D eigenvalue weighted by Gasteiger charge is 2.21. The molecule has 1 saturated heterocycles. The standard InChI is InChI=1S/C12H18BrN3OS/c1-16-5-4-14-7-9(16)6-12(17)15-8-10-2-3-11(13)18-10/h2-3,9,14H,4-8H2,1H3,(H,15,17). The van der Waals surface area contributed by atoms with E-state index in [0.717, 1.165) is 23.4 Å². The minimum absolute atomic E-state index is 0.125. The summed E-state index contributed by atoms with van der Waals surface area (Å²) in [6.45, 7) is 3.54. The number of carbonyl (C=O) groups excluding carboxylic acids is 1. The van der Waals surface area contributed by atoms with Crippen molar-refractivity contribution in [3.05, 3.63) is 20.8 Å². The van der Waals surface area contributed by atoms with Gasteiger partial charge in [0, 0.05) is 37.0 Å². The van der Waals surface area contributed by atoms with Crippen molar-refractivity contribution in [2.24, 2.45) is 0 Å². The van der Waals surface area contributed by atoms with E-state index < -0.39 is 0 Å². The van der Waals surface area contributed by atoms with Crippen LogP contribution in [0.25, 0.3) is 0 Å². The molecule has 0 saturated carbocycles. The van der Waals surface area contributed by atoms with E-state index in [4.69, 9.17) is 0 Å². The molecule has 6 heteroatoms. The maximum atomic E-state index is 11.9. The molecule has 1 aliphatic rings. The second-order valence-corrected chi connectivity index (χ2v) is 7.07. The second-order valence-electron chi connectivity index (χ2n) is 4.53. The zero-order chi connectivity index (χ0) is 13.0. The van der Waals surface area contributed by atoms with Crippen LogP contribution in [0.4, 0.5) is 0 Å². The molecule has 1 aliphatic heterocycles. The molecule has 0 spiro atoms. The molecule has 2 N–H and O–H groups in total. The lowest BCUT2D eigenvalue weighted by atomic mass is 10.1. The van der Waals surface area contributed by atoms with Gasteiger partial charge in [0.2, 0.25) is 5.91 Å². The lowest BCUT2D eigenvalue weighted by molar-refractivity contribution is -0.122. The van der Waals surface area contributed by atoms with E-state index in [9.17, 15) is 4.79 Å². The Morgan fingerprint density at radius 1 is 1.67 bits per heavy atom. The predicted octanol–water partition coefficient (Wildman–Crippen LogP) is 1.42. The summed E-state index contributed by atoms with van der Waals surface area (Å²) in [4.78, 5) is 15.3. The van der Waals surface area contributed by atoms with Crippen LogP contribution in [-0.2, 0) is 11.3 Å². The fourth-order valence-corrected chi connectivity index (χ4v) is 3.43. The molecule has 2 rings (SSSR count). The van der Waals surface area contributed by atoms with Gasteiger partial charge in [-0.2, -0.15) is 0 Å². The molecule has 1 amide bonds. The van der Waals surface area contributed by atoms with Crippen molar-refractivity contribution in [2.75, 3.05) is 26.7 Å². The third-order valence-electron chi connectivity index (χ3n) is 3.15. The Labute approximate surface area is 120 Å². The number of nitrogens with one attached hydrogen (secondary N) is 2. The smallest absolute Gasteiger partial charge is 0.221 e. The number of halogens is 1. The zero-order valence-electron chi connectivity index (χ0n) is 10.4. The van der Waals surface area contributed by atoms with E-state index in [-0.39, 0.29) is 5.91 Å². The molecule has 0 aromatic carbocycles. The van der Waals surface area contributed by atoms with Gasteiger partial charge in [0.05, 0.1) is 10.3 Å².